The molecule has 0 atom stereocenters. The van der Waals surface area contributed by atoms with Gasteiger partial charge in [0.05, 0.1) is 12.8 Å². The second kappa shape index (κ2) is 9.53. The average Bonchev–Trinajstić information content (AvgIpc) is 2.72. The number of methoxy groups -OCH3 is 1. The molecule has 0 aliphatic carbocycles. The van der Waals surface area contributed by atoms with E-state index in [1.807, 2.05) is 40.9 Å². The highest BCUT2D eigenvalue weighted by Gasteiger charge is 2.22. The van der Waals surface area contributed by atoms with Gasteiger partial charge in [-0.25, -0.2) is 0 Å². The third kappa shape index (κ3) is 4.94. The van der Waals surface area contributed by atoms with Crippen LogP contribution in [0.25, 0.3) is 0 Å². The van der Waals surface area contributed by atoms with E-state index < -0.39 is 0 Å². The fraction of sp³-hybridized carbons (Fsp3) is 0.381. The quantitative estimate of drug-likeness (QED) is 0.546. The second-order valence-electron chi connectivity index (χ2n) is 6.30. The van der Waals surface area contributed by atoms with Gasteiger partial charge in [0.25, 0.3) is 0 Å². The first kappa shape index (κ1) is 18.6. The Hall–Kier alpha value is -2.14. The van der Waals surface area contributed by atoms with Crippen molar-refractivity contribution in [1.82, 2.24) is 4.90 Å². The van der Waals surface area contributed by atoms with Gasteiger partial charge in [-0.2, -0.15) is 0 Å². The van der Waals surface area contributed by atoms with E-state index in [4.69, 9.17) is 4.74 Å². The van der Waals surface area contributed by atoms with E-state index in [1.54, 1.807) is 7.11 Å². The van der Waals surface area contributed by atoms with Gasteiger partial charge in [-0.15, -0.1) is 11.8 Å². The fourth-order valence-electron chi connectivity index (χ4n) is 3.18. The van der Waals surface area contributed by atoms with Crippen LogP contribution < -0.4 is 9.64 Å². The number of rotatable bonds is 7. The highest BCUT2D eigenvalue weighted by molar-refractivity contribution is 7.99. The van der Waals surface area contributed by atoms with Crippen molar-refractivity contribution in [3.63, 3.8) is 0 Å². The number of hydrogen-bond donors (Lipinski definition) is 0. The van der Waals surface area contributed by atoms with E-state index in [2.05, 4.69) is 35.2 Å². The standard InChI is InChI=1S/C21H26N2O2S/c1-25-20-11-6-5-10-19(20)22-13-15-23(16-14-22)21(24)12-7-17-26-18-8-3-2-4-9-18/h2-6,8-11H,7,12-17H2,1H3. The van der Waals surface area contributed by atoms with Crippen molar-refractivity contribution in [2.45, 2.75) is 17.7 Å². The number of carbonyl (C=O) groups is 1. The van der Waals surface area contributed by atoms with E-state index in [9.17, 15) is 4.79 Å². The molecule has 1 aliphatic heterocycles. The van der Waals surface area contributed by atoms with Crippen LogP contribution in [-0.2, 0) is 4.79 Å². The van der Waals surface area contributed by atoms with Crippen LogP contribution in [0, 0.1) is 0 Å². The van der Waals surface area contributed by atoms with Crippen LogP contribution in [-0.4, -0.2) is 49.8 Å². The molecule has 0 spiro atoms. The summed E-state index contributed by atoms with van der Waals surface area (Å²) in [4.78, 5) is 18.0. The minimum atomic E-state index is 0.276. The number of nitrogens with zero attached hydrogens (tertiary/aromatic N) is 2. The Kier molecular flexibility index (Phi) is 6.83. The summed E-state index contributed by atoms with van der Waals surface area (Å²) in [6, 6.07) is 18.4. The van der Waals surface area contributed by atoms with Crippen molar-refractivity contribution in [2.75, 3.05) is 43.9 Å². The molecule has 0 saturated carbocycles. The Balaban J connectivity index is 1.41. The first-order valence-corrected chi connectivity index (χ1v) is 10.1. The van der Waals surface area contributed by atoms with Crippen molar-refractivity contribution in [1.29, 1.82) is 0 Å². The lowest BCUT2D eigenvalue weighted by Gasteiger charge is -2.36. The Labute approximate surface area is 160 Å². The summed E-state index contributed by atoms with van der Waals surface area (Å²) in [6.45, 7) is 3.27. The minimum absolute atomic E-state index is 0.276. The maximum Gasteiger partial charge on any atom is 0.222 e. The summed E-state index contributed by atoms with van der Waals surface area (Å²) in [5.74, 6) is 2.15. The Bertz CT molecular complexity index is 700. The number of anilines is 1. The summed E-state index contributed by atoms with van der Waals surface area (Å²) in [5.41, 5.74) is 1.11. The van der Waals surface area contributed by atoms with Crippen LogP contribution >= 0.6 is 11.8 Å². The van der Waals surface area contributed by atoms with E-state index >= 15 is 0 Å². The zero-order valence-electron chi connectivity index (χ0n) is 15.3. The molecular weight excluding hydrogens is 344 g/mol. The van der Waals surface area contributed by atoms with Crippen molar-refractivity contribution in [3.8, 4) is 5.75 Å². The molecule has 0 unspecified atom stereocenters. The molecule has 0 N–H and O–H groups in total. The second-order valence-corrected chi connectivity index (χ2v) is 7.47. The molecule has 0 bridgehead atoms. The van der Waals surface area contributed by atoms with Crippen LogP contribution in [0.2, 0.25) is 0 Å². The molecule has 3 rings (SSSR count). The van der Waals surface area contributed by atoms with Gasteiger partial charge in [0, 0.05) is 37.5 Å². The van der Waals surface area contributed by atoms with Crippen LogP contribution in [0.15, 0.2) is 59.5 Å². The molecule has 0 radical (unpaired) electrons. The average molecular weight is 371 g/mol. The lowest BCUT2D eigenvalue weighted by Crippen LogP contribution is -2.48. The van der Waals surface area contributed by atoms with Crippen LogP contribution in [0.4, 0.5) is 5.69 Å². The molecule has 138 valence electrons. The van der Waals surface area contributed by atoms with Crippen molar-refractivity contribution < 1.29 is 9.53 Å². The predicted octanol–water partition coefficient (Wildman–Crippen LogP) is 3.92. The zero-order valence-corrected chi connectivity index (χ0v) is 16.1. The first-order valence-electron chi connectivity index (χ1n) is 9.11. The molecule has 0 aromatic heterocycles. The van der Waals surface area contributed by atoms with E-state index in [0.717, 1.165) is 49.8 Å². The van der Waals surface area contributed by atoms with Crippen LogP contribution in [0.3, 0.4) is 0 Å². The number of ether oxygens (including phenoxy) is 1. The summed E-state index contributed by atoms with van der Waals surface area (Å²) < 4.78 is 5.45. The number of thioether (sulfide) groups is 1. The normalized spacial score (nSPS) is 14.3. The van der Waals surface area contributed by atoms with Crippen molar-refractivity contribution in [2.24, 2.45) is 0 Å². The molecule has 2 aromatic rings. The smallest absolute Gasteiger partial charge is 0.222 e. The summed E-state index contributed by atoms with van der Waals surface area (Å²) in [5, 5.41) is 0. The van der Waals surface area contributed by atoms with Gasteiger partial charge in [0.2, 0.25) is 5.91 Å². The number of hydrogen-bond acceptors (Lipinski definition) is 4. The molecular formula is C21H26N2O2S. The number of amides is 1. The maximum absolute atomic E-state index is 12.4. The molecule has 4 nitrogen and oxygen atoms in total. The molecule has 1 fully saturated rings. The lowest BCUT2D eigenvalue weighted by molar-refractivity contribution is -0.131. The molecule has 1 amide bonds. The van der Waals surface area contributed by atoms with Crippen molar-refractivity contribution in [3.05, 3.63) is 54.6 Å². The van der Waals surface area contributed by atoms with Crippen LogP contribution in [0.5, 0.6) is 5.75 Å². The largest absolute Gasteiger partial charge is 0.495 e. The highest BCUT2D eigenvalue weighted by Crippen LogP contribution is 2.28. The van der Waals surface area contributed by atoms with E-state index in [1.165, 1.54) is 4.90 Å². The van der Waals surface area contributed by atoms with Gasteiger partial charge in [0.15, 0.2) is 0 Å². The van der Waals surface area contributed by atoms with E-state index in [-0.39, 0.29) is 5.91 Å². The summed E-state index contributed by atoms with van der Waals surface area (Å²) in [6.07, 6.45) is 1.56. The maximum atomic E-state index is 12.4. The molecule has 2 aromatic carbocycles. The number of benzene rings is 2. The minimum Gasteiger partial charge on any atom is -0.495 e. The third-order valence-electron chi connectivity index (χ3n) is 4.61. The number of carbonyl (C=O) groups excluding carboxylic acids is 1. The lowest BCUT2D eigenvalue weighted by atomic mass is 10.2. The first-order chi connectivity index (χ1) is 12.8. The van der Waals surface area contributed by atoms with Gasteiger partial charge in [-0.1, -0.05) is 30.3 Å². The molecule has 5 heteroatoms. The van der Waals surface area contributed by atoms with Crippen molar-refractivity contribution >= 4 is 23.4 Å². The molecule has 1 aliphatic rings. The Morgan fingerprint density at radius 3 is 2.42 bits per heavy atom. The van der Waals surface area contributed by atoms with Gasteiger partial charge < -0.3 is 14.5 Å². The van der Waals surface area contributed by atoms with Gasteiger partial charge in [-0.3, -0.25) is 4.79 Å². The third-order valence-corrected chi connectivity index (χ3v) is 5.70. The van der Waals surface area contributed by atoms with E-state index in [0.29, 0.717) is 6.42 Å². The Morgan fingerprint density at radius 2 is 1.69 bits per heavy atom. The number of para-hydroxylation sites is 2. The van der Waals surface area contributed by atoms with Gasteiger partial charge in [0.1, 0.15) is 5.75 Å². The van der Waals surface area contributed by atoms with Gasteiger partial charge >= 0.3 is 0 Å². The molecule has 26 heavy (non-hydrogen) atoms. The summed E-state index contributed by atoms with van der Waals surface area (Å²) in [7, 11) is 1.70. The SMILES string of the molecule is COc1ccccc1N1CCN(C(=O)CCCSc2ccccc2)CC1. The highest BCUT2D eigenvalue weighted by atomic mass is 32.2. The predicted molar refractivity (Wildman–Crippen MR) is 108 cm³/mol. The number of piperazine rings is 1. The monoisotopic (exact) mass is 370 g/mol. The Morgan fingerprint density at radius 1 is 1.00 bits per heavy atom. The fourth-order valence-corrected chi connectivity index (χ4v) is 4.05. The molecule has 1 saturated heterocycles. The van der Waals surface area contributed by atoms with Gasteiger partial charge in [-0.05, 0) is 36.4 Å². The zero-order chi connectivity index (χ0) is 18.2. The molecule has 1 heterocycles. The summed E-state index contributed by atoms with van der Waals surface area (Å²) >= 11 is 1.82. The van der Waals surface area contributed by atoms with Crippen LogP contribution in [0.1, 0.15) is 12.8 Å². The topological polar surface area (TPSA) is 32.8 Å².